The largest absolute Gasteiger partial charge is 0.493 e. The highest BCUT2D eigenvalue weighted by molar-refractivity contribution is 6.33. The van der Waals surface area contributed by atoms with E-state index < -0.39 is 6.10 Å². The van der Waals surface area contributed by atoms with Gasteiger partial charge in [0.15, 0.2) is 23.3 Å². The molecule has 2 aliphatic rings. The van der Waals surface area contributed by atoms with Crippen molar-refractivity contribution in [3.63, 3.8) is 0 Å². The van der Waals surface area contributed by atoms with Crippen molar-refractivity contribution in [1.29, 1.82) is 0 Å². The van der Waals surface area contributed by atoms with Gasteiger partial charge in [-0.1, -0.05) is 41.9 Å². The molecule has 2 aromatic heterocycles. The maximum atomic E-state index is 9.93. The zero-order chi connectivity index (χ0) is 24.8. The number of imidazole rings is 1. The van der Waals surface area contributed by atoms with Crippen LogP contribution >= 0.6 is 11.6 Å². The van der Waals surface area contributed by atoms with Crippen LogP contribution in [0.25, 0.3) is 33.5 Å². The first kappa shape index (κ1) is 23.1. The number of aliphatic hydroxyl groups is 1. The lowest BCUT2D eigenvalue weighted by molar-refractivity contribution is 0.00706. The van der Waals surface area contributed by atoms with Crippen LogP contribution in [-0.2, 0) is 9.47 Å². The van der Waals surface area contributed by atoms with Crippen molar-refractivity contribution in [2.75, 3.05) is 27.4 Å². The van der Waals surface area contributed by atoms with Gasteiger partial charge in [-0.05, 0) is 29.3 Å². The minimum Gasteiger partial charge on any atom is -0.493 e. The molecule has 4 heterocycles. The number of methoxy groups -OCH3 is 2. The van der Waals surface area contributed by atoms with E-state index in [0.29, 0.717) is 46.0 Å². The maximum Gasteiger partial charge on any atom is 0.296 e. The Bertz CT molecular complexity index is 1410. The van der Waals surface area contributed by atoms with Gasteiger partial charge in [-0.15, -0.1) is 0 Å². The van der Waals surface area contributed by atoms with E-state index in [1.165, 1.54) is 0 Å². The fraction of sp³-hybridized carbons (Fsp3) is 0.308. The Morgan fingerprint density at radius 3 is 2.39 bits per heavy atom. The Hall–Kier alpha value is -3.37. The summed E-state index contributed by atoms with van der Waals surface area (Å²) in [7, 11) is 3.23. The predicted molar refractivity (Wildman–Crippen MR) is 133 cm³/mol. The van der Waals surface area contributed by atoms with Gasteiger partial charge in [-0.2, -0.15) is 4.98 Å². The third-order valence-corrected chi connectivity index (χ3v) is 6.81. The smallest absolute Gasteiger partial charge is 0.296 e. The van der Waals surface area contributed by atoms with Gasteiger partial charge in [0.25, 0.3) is 6.01 Å². The van der Waals surface area contributed by atoms with Crippen LogP contribution in [0.1, 0.15) is 0 Å². The monoisotopic (exact) mass is 509 g/mol. The lowest BCUT2D eigenvalue weighted by Crippen LogP contribution is -2.34. The molecule has 2 fully saturated rings. The molecular formula is C26H24ClN3O6. The van der Waals surface area contributed by atoms with Gasteiger partial charge < -0.3 is 33.8 Å². The summed E-state index contributed by atoms with van der Waals surface area (Å²) >= 11 is 6.59. The van der Waals surface area contributed by atoms with Crippen LogP contribution in [0.3, 0.4) is 0 Å². The third-order valence-electron chi connectivity index (χ3n) is 6.52. The quantitative estimate of drug-likeness (QED) is 0.403. The summed E-state index contributed by atoms with van der Waals surface area (Å²) in [6.45, 7) is 0.552. The van der Waals surface area contributed by atoms with Gasteiger partial charge in [0.2, 0.25) is 0 Å². The number of hydrogen-bond acceptors (Lipinski definition) is 8. The van der Waals surface area contributed by atoms with Gasteiger partial charge in [0, 0.05) is 5.56 Å². The van der Waals surface area contributed by atoms with Gasteiger partial charge in [-0.25, -0.2) is 4.98 Å². The van der Waals surface area contributed by atoms with Crippen molar-refractivity contribution in [1.82, 2.24) is 15.0 Å². The van der Waals surface area contributed by atoms with Crippen molar-refractivity contribution in [3.05, 3.63) is 53.6 Å². The summed E-state index contributed by atoms with van der Waals surface area (Å²) in [4.78, 5) is 12.3. The van der Waals surface area contributed by atoms with E-state index >= 15 is 0 Å². The number of ether oxygens (including phenoxy) is 5. The Labute approximate surface area is 211 Å². The highest BCUT2D eigenvalue weighted by Crippen LogP contribution is 2.35. The molecule has 4 atom stereocenters. The number of pyridine rings is 1. The second kappa shape index (κ2) is 9.25. The lowest BCUT2D eigenvalue weighted by atomic mass is 10.0. The highest BCUT2D eigenvalue weighted by atomic mass is 35.5. The van der Waals surface area contributed by atoms with E-state index in [1.807, 2.05) is 42.5 Å². The molecule has 6 rings (SSSR count). The number of nitrogens with zero attached hydrogens (tertiary/aromatic N) is 2. The minimum absolute atomic E-state index is 0.237. The SMILES string of the molecule is COc1ccc(-c2ccc(-c3nc4nc(O[C@@H]5CO[C@H]6[C@@H]5OC[C@H]6O)[nH]c4cc3Cl)cc2)cc1OC. The molecule has 0 spiro atoms. The second-order valence-electron chi connectivity index (χ2n) is 8.70. The Kier molecular flexibility index (Phi) is 5.93. The van der Waals surface area contributed by atoms with E-state index in [4.69, 9.17) is 35.3 Å². The first-order valence-corrected chi connectivity index (χ1v) is 11.9. The Morgan fingerprint density at radius 1 is 0.889 bits per heavy atom. The number of H-pyrrole nitrogens is 1. The number of fused-ring (bicyclic) bond motifs is 2. The van der Waals surface area contributed by atoms with Crippen LogP contribution in [0, 0.1) is 0 Å². The van der Waals surface area contributed by atoms with Crippen LogP contribution in [0.4, 0.5) is 0 Å². The van der Waals surface area contributed by atoms with Crippen LogP contribution in [0.2, 0.25) is 5.02 Å². The number of aromatic amines is 1. The average Bonchev–Trinajstić information content (AvgIpc) is 3.59. The summed E-state index contributed by atoms with van der Waals surface area (Å²) in [5, 5.41) is 10.4. The van der Waals surface area contributed by atoms with Crippen LogP contribution in [0.15, 0.2) is 48.5 Å². The number of benzene rings is 2. The minimum atomic E-state index is -0.638. The standard InChI is InChI=1S/C26H24ClN3O6/c1-32-19-8-7-15(9-20(19)33-2)13-3-5-14(6-4-13)22-16(27)10-17-25(29-22)30-26(28-17)36-21-12-35-23-18(31)11-34-24(21)23/h3-10,18,21,23-24,31H,11-12H2,1-2H3,(H,28,29,30)/t18-,21-,23-,24-/m1/s1. The topological polar surface area (TPSA) is 108 Å². The Morgan fingerprint density at radius 2 is 1.61 bits per heavy atom. The molecule has 0 radical (unpaired) electrons. The molecular weight excluding hydrogens is 486 g/mol. The second-order valence-corrected chi connectivity index (χ2v) is 9.11. The number of aliphatic hydroxyl groups excluding tert-OH is 1. The first-order valence-electron chi connectivity index (χ1n) is 11.5. The normalized spacial score (nSPS) is 23.1. The zero-order valence-corrected chi connectivity index (χ0v) is 20.4. The number of hydrogen-bond donors (Lipinski definition) is 2. The number of nitrogens with one attached hydrogen (secondary N) is 1. The van der Waals surface area contributed by atoms with Crippen molar-refractivity contribution < 1.29 is 28.8 Å². The molecule has 0 amide bonds. The summed E-state index contributed by atoms with van der Waals surface area (Å²) in [6, 6.07) is 15.8. The molecule has 2 aliphatic heterocycles. The average molecular weight is 510 g/mol. The first-order chi connectivity index (χ1) is 17.5. The van der Waals surface area contributed by atoms with Crippen molar-refractivity contribution in [2.24, 2.45) is 0 Å². The van der Waals surface area contributed by atoms with Crippen molar-refractivity contribution in [3.8, 4) is 39.9 Å². The van der Waals surface area contributed by atoms with Gasteiger partial charge in [0.05, 0.1) is 43.7 Å². The predicted octanol–water partition coefficient (Wildman–Crippen LogP) is 3.87. The van der Waals surface area contributed by atoms with E-state index in [9.17, 15) is 5.11 Å². The number of halogens is 1. The molecule has 10 heteroatoms. The number of rotatable bonds is 6. The van der Waals surface area contributed by atoms with Gasteiger partial charge in [0.1, 0.15) is 18.3 Å². The van der Waals surface area contributed by atoms with Gasteiger partial charge >= 0.3 is 0 Å². The molecule has 186 valence electrons. The van der Waals surface area contributed by atoms with E-state index in [0.717, 1.165) is 16.7 Å². The van der Waals surface area contributed by atoms with Crippen molar-refractivity contribution >= 4 is 22.8 Å². The molecule has 9 nitrogen and oxygen atoms in total. The van der Waals surface area contributed by atoms with Crippen molar-refractivity contribution in [2.45, 2.75) is 24.4 Å². The molecule has 0 saturated carbocycles. The molecule has 2 saturated heterocycles. The summed E-state index contributed by atoms with van der Waals surface area (Å²) in [5.74, 6) is 1.35. The number of aromatic nitrogens is 3. The molecule has 0 bridgehead atoms. The van der Waals surface area contributed by atoms with Crippen LogP contribution in [0.5, 0.6) is 17.5 Å². The van der Waals surface area contributed by atoms with Crippen LogP contribution < -0.4 is 14.2 Å². The van der Waals surface area contributed by atoms with E-state index in [1.54, 1.807) is 20.3 Å². The third kappa shape index (κ3) is 4.04. The molecule has 2 N–H and O–H groups in total. The Balaban J connectivity index is 1.24. The molecule has 0 aliphatic carbocycles. The highest BCUT2D eigenvalue weighted by Gasteiger charge is 2.48. The fourth-order valence-electron chi connectivity index (χ4n) is 4.68. The molecule has 2 aromatic carbocycles. The molecule has 36 heavy (non-hydrogen) atoms. The van der Waals surface area contributed by atoms with E-state index in [2.05, 4.69) is 15.0 Å². The molecule has 4 aromatic rings. The maximum absolute atomic E-state index is 9.93. The fourth-order valence-corrected chi connectivity index (χ4v) is 4.94. The molecule has 0 unspecified atom stereocenters. The zero-order valence-electron chi connectivity index (χ0n) is 19.6. The summed E-state index contributed by atoms with van der Waals surface area (Å²) in [6.07, 6.45) is -1.71. The lowest BCUT2D eigenvalue weighted by Gasteiger charge is -2.15. The van der Waals surface area contributed by atoms with E-state index in [-0.39, 0.29) is 24.9 Å². The van der Waals surface area contributed by atoms with Crippen LogP contribution in [-0.4, -0.2) is 71.9 Å². The van der Waals surface area contributed by atoms with Gasteiger partial charge in [-0.3, -0.25) is 0 Å². The summed E-state index contributed by atoms with van der Waals surface area (Å²) < 4.78 is 28.0. The summed E-state index contributed by atoms with van der Waals surface area (Å²) in [5.41, 5.74) is 4.63.